The van der Waals surface area contributed by atoms with Crippen LogP contribution in [0.4, 0.5) is 10.1 Å². The molecule has 0 unspecified atom stereocenters. The van der Waals surface area contributed by atoms with E-state index in [0.29, 0.717) is 13.1 Å². The summed E-state index contributed by atoms with van der Waals surface area (Å²) in [6.45, 7) is 4.85. The monoisotopic (exact) mass is 351 g/mol. The Balaban J connectivity index is 1.53. The Morgan fingerprint density at radius 2 is 1.62 bits per heavy atom. The molecule has 1 aliphatic rings. The standard InChI is InChI=1S/C21H22FN3O/c1-15-18-5-3-4-6-19(18)23(2)20(15)21(26)25-13-11-24(12-14-25)17-9-7-16(22)8-10-17/h3-10H,11-14H2,1-2H3. The number of carbonyl (C=O) groups is 1. The largest absolute Gasteiger partial charge is 0.368 e. The van der Waals surface area contributed by atoms with Crippen molar-refractivity contribution < 1.29 is 9.18 Å². The molecule has 1 amide bonds. The van der Waals surface area contributed by atoms with E-state index in [1.165, 1.54) is 12.1 Å². The molecule has 26 heavy (non-hydrogen) atoms. The number of halogens is 1. The maximum absolute atomic E-state index is 13.1. The highest BCUT2D eigenvalue weighted by atomic mass is 19.1. The normalized spacial score (nSPS) is 14.9. The lowest BCUT2D eigenvalue weighted by Gasteiger charge is -2.36. The predicted octanol–water partition coefficient (Wildman–Crippen LogP) is 3.59. The molecule has 0 spiro atoms. The first kappa shape index (κ1) is 16.6. The molecule has 134 valence electrons. The molecule has 1 fully saturated rings. The quantitative estimate of drug-likeness (QED) is 0.706. The Labute approximate surface area is 152 Å². The summed E-state index contributed by atoms with van der Waals surface area (Å²) in [4.78, 5) is 17.2. The van der Waals surface area contributed by atoms with E-state index < -0.39 is 0 Å². The number of carbonyl (C=O) groups excluding carboxylic acids is 1. The summed E-state index contributed by atoms with van der Waals surface area (Å²) in [5.41, 5.74) is 3.88. The smallest absolute Gasteiger partial charge is 0.270 e. The molecule has 2 heterocycles. The lowest BCUT2D eigenvalue weighted by molar-refractivity contribution is 0.0737. The van der Waals surface area contributed by atoms with Crippen LogP contribution in [0.25, 0.3) is 10.9 Å². The van der Waals surface area contributed by atoms with Gasteiger partial charge in [0.05, 0.1) is 0 Å². The van der Waals surface area contributed by atoms with Gasteiger partial charge in [0, 0.05) is 49.8 Å². The van der Waals surface area contributed by atoms with Crippen molar-refractivity contribution in [3.05, 3.63) is 65.6 Å². The van der Waals surface area contributed by atoms with Crippen molar-refractivity contribution in [3.63, 3.8) is 0 Å². The van der Waals surface area contributed by atoms with Gasteiger partial charge in [-0.1, -0.05) is 18.2 Å². The molecule has 3 aromatic rings. The summed E-state index contributed by atoms with van der Waals surface area (Å²) in [6, 6.07) is 14.7. The van der Waals surface area contributed by atoms with E-state index in [1.54, 1.807) is 12.1 Å². The summed E-state index contributed by atoms with van der Waals surface area (Å²) < 4.78 is 15.1. The summed E-state index contributed by atoms with van der Waals surface area (Å²) >= 11 is 0. The second-order valence-electron chi connectivity index (χ2n) is 6.81. The summed E-state index contributed by atoms with van der Waals surface area (Å²) in [5.74, 6) is -0.145. The average molecular weight is 351 g/mol. The van der Waals surface area contributed by atoms with Crippen molar-refractivity contribution in [2.75, 3.05) is 31.1 Å². The Kier molecular flexibility index (Phi) is 4.15. The number of anilines is 1. The van der Waals surface area contributed by atoms with Crippen LogP contribution in [0.1, 0.15) is 16.1 Å². The van der Waals surface area contributed by atoms with Crippen molar-refractivity contribution >= 4 is 22.5 Å². The zero-order valence-electron chi connectivity index (χ0n) is 15.1. The highest BCUT2D eigenvalue weighted by Crippen LogP contribution is 2.26. The van der Waals surface area contributed by atoms with Crippen molar-refractivity contribution in [2.45, 2.75) is 6.92 Å². The maximum atomic E-state index is 13.1. The molecule has 4 nitrogen and oxygen atoms in total. The highest BCUT2D eigenvalue weighted by Gasteiger charge is 2.26. The van der Waals surface area contributed by atoms with Gasteiger partial charge in [-0.25, -0.2) is 4.39 Å². The van der Waals surface area contributed by atoms with Gasteiger partial charge in [0.1, 0.15) is 11.5 Å². The van der Waals surface area contributed by atoms with Crippen LogP contribution in [-0.2, 0) is 7.05 Å². The Morgan fingerprint density at radius 3 is 2.27 bits per heavy atom. The molecule has 0 atom stereocenters. The molecule has 5 heteroatoms. The molecule has 1 aromatic heterocycles. The fourth-order valence-corrected chi connectivity index (χ4v) is 3.86. The van der Waals surface area contributed by atoms with Crippen LogP contribution in [0, 0.1) is 12.7 Å². The second kappa shape index (κ2) is 6.48. The van der Waals surface area contributed by atoms with Gasteiger partial charge >= 0.3 is 0 Å². The van der Waals surface area contributed by atoms with Crippen LogP contribution < -0.4 is 4.90 Å². The SMILES string of the molecule is Cc1c(C(=O)N2CCN(c3ccc(F)cc3)CC2)n(C)c2ccccc12. The number of fused-ring (bicyclic) bond motifs is 1. The minimum absolute atomic E-state index is 0.0833. The number of hydrogen-bond acceptors (Lipinski definition) is 2. The number of rotatable bonds is 2. The predicted molar refractivity (Wildman–Crippen MR) is 102 cm³/mol. The van der Waals surface area contributed by atoms with Crippen LogP contribution in [0.15, 0.2) is 48.5 Å². The van der Waals surface area contributed by atoms with Crippen LogP contribution >= 0.6 is 0 Å². The van der Waals surface area contributed by atoms with E-state index in [9.17, 15) is 9.18 Å². The van der Waals surface area contributed by atoms with E-state index in [4.69, 9.17) is 0 Å². The Bertz CT molecular complexity index is 914. The van der Waals surface area contributed by atoms with Gasteiger partial charge in [-0.3, -0.25) is 4.79 Å². The minimum atomic E-state index is -0.228. The van der Waals surface area contributed by atoms with Crippen LogP contribution in [0.3, 0.4) is 0 Å². The number of benzene rings is 2. The third-order valence-corrected chi connectivity index (χ3v) is 5.32. The summed E-state index contributed by atoms with van der Waals surface area (Å²) in [6.07, 6.45) is 0. The van der Waals surface area contributed by atoms with Gasteiger partial charge in [0.25, 0.3) is 5.91 Å². The van der Waals surface area contributed by atoms with Crippen LogP contribution in [-0.4, -0.2) is 41.6 Å². The Hall–Kier alpha value is -2.82. The zero-order chi connectivity index (χ0) is 18.3. The Morgan fingerprint density at radius 1 is 0.962 bits per heavy atom. The molecular formula is C21H22FN3O. The number of nitrogens with zero attached hydrogens (tertiary/aromatic N) is 3. The molecule has 0 radical (unpaired) electrons. The third kappa shape index (κ3) is 2.73. The van der Waals surface area contributed by atoms with Crippen molar-refractivity contribution in [3.8, 4) is 0 Å². The maximum Gasteiger partial charge on any atom is 0.270 e. The first-order valence-electron chi connectivity index (χ1n) is 8.90. The zero-order valence-corrected chi connectivity index (χ0v) is 15.1. The number of amides is 1. The molecule has 4 rings (SSSR count). The first-order valence-corrected chi connectivity index (χ1v) is 8.90. The molecule has 0 bridgehead atoms. The fraction of sp³-hybridized carbons (Fsp3) is 0.286. The number of hydrogen-bond donors (Lipinski definition) is 0. The molecular weight excluding hydrogens is 329 g/mol. The minimum Gasteiger partial charge on any atom is -0.368 e. The van der Waals surface area contributed by atoms with E-state index in [2.05, 4.69) is 11.0 Å². The average Bonchev–Trinajstić information content (AvgIpc) is 2.93. The van der Waals surface area contributed by atoms with Crippen LogP contribution in [0.5, 0.6) is 0 Å². The molecule has 1 aliphatic heterocycles. The third-order valence-electron chi connectivity index (χ3n) is 5.32. The van der Waals surface area contributed by atoms with Gasteiger partial charge in [0.15, 0.2) is 0 Å². The molecule has 0 saturated carbocycles. The molecule has 2 aromatic carbocycles. The molecule has 0 aliphatic carbocycles. The van der Waals surface area contributed by atoms with Gasteiger partial charge in [-0.05, 0) is 42.8 Å². The molecule has 1 saturated heterocycles. The number of piperazine rings is 1. The van der Waals surface area contributed by atoms with Gasteiger partial charge < -0.3 is 14.4 Å². The van der Waals surface area contributed by atoms with E-state index in [0.717, 1.165) is 40.9 Å². The van der Waals surface area contributed by atoms with Gasteiger partial charge in [-0.2, -0.15) is 0 Å². The van der Waals surface area contributed by atoms with Crippen LogP contribution in [0.2, 0.25) is 0 Å². The summed E-state index contributed by atoms with van der Waals surface area (Å²) in [7, 11) is 1.96. The van der Waals surface area contributed by atoms with E-state index in [-0.39, 0.29) is 11.7 Å². The number of aromatic nitrogens is 1. The summed E-state index contributed by atoms with van der Waals surface area (Å²) in [5, 5.41) is 1.13. The first-order chi connectivity index (χ1) is 12.6. The lowest BCUT2D eigenvalue weighted by Crippen LogP contribution is -2.49. The van der Waals surface area contributed by atoms with Crippen molar-refractivity contribution in [2.24, 2.45) is 7.05 Å². The molecule has 0 N–H and O–H groups in total. The van der Waals surface area contributed by atoms with E-state index >= 15 is 0 Å². The number of aryl methyl sites for hydroxylation is 2. The number of para-hydroxylation sites is 1. The topological polar surface area (TPSA) is 28.5 Å². The van der Waals surface area contributed by atoms with Crippen molar-refractivity contribution in [1.29, 1.82) is 0 Å². The fourth-order valence-electron chi connectivity index (χ4n) is 3.86. The van der Waals surface area contributed by atoms with Gasteiger partial charge in [0.2, 0.25) is 0 Å². The second-order valence-corrected chi connectivity index (χ2v) is 6.81. The van der Waals surface area contributed by atoms with Gasteiger partial charge in [-0.15, -0.1) is 0 Å². The lowest BCUT2D eigenvalue weighted by atomic mass is 10.1. The van der Waals surface area contributed by atoms with E-state index in [1.807, 2.05) is 41.6 Å². The van der Waals surface area contributed by atoms with Crippen molar-refractivity contribution in [1.82, 2.24) is 9.47 Å². The highest BCUT2D eigenvalue weighted by molar-refractivity contribution is 6.01.